The summed E-state index contributed by atoms with van der Waals surface area (Å²) < 4.78 is 0. The third-order valence-corrected chi connectivity index (χ3v) is 5.92. The Morgan fingerprint density at radius 1 is 0.833 bits per heavy atom. The van der Waals surface area contributed by atoms with Crippen LogP contribution >= 0.6 is 23.4 Å². The van der Waals surface area contributed by atoms with Crippen LogP contribution in [0.1, 0.15) is 11.1 Å². The lowest BCUT2D eigenvalue weighted by molar-refractivity contribution is -0.120. The lowest BCUT2D eigenvalue weighted by atomic mass is 10.1. The van der Waals surface area contributed by atoms with E-state index in [1.165, 1.54) is 16.7 Å². The summed E-state index contributed by atoms with van der Waals surface area (Å²) in [6.07, 6.45) is 0. The Morgan fingerprint density at radius 3 is 2.10 bits per heavy atom. The number of anilines is 2. The molecule has 1 aliphatic rings. The molecule has 0 unspecified atom stereocenters. The van der Waals surface area contributed by atoms with Gasteiger partial charge < -0.3 is 5.32 Å². The average Bonchev–Trinajstić information content (AvgIpc) is 2.93. The molecular formula is C24H19ClN2O2S. The standard InChI is InChI=1S/C24H19ClN2O2S/c1-15-12-16(2)14-18(13-15)26-21-22(30-20-6-4-3-5-7-20)24(29)27(23(21)28)19-10-8-17(25)9-11-19/h3-14,26H,1-2H3. The number of carbonyl (C=O) groups is 2. The van der Waals surface area contributed by atoms with Crippen molar-refractivity contribution in [2.75, 3.05) is 10.2 Å². The smallest absolute Gasteiger partial charge is 0.283 e. The first-order valence-electron chi connectivity index (χ1n) is 9.39. The van der Waals surface area contributed by atoms with Gasteiger partial charge in [0.1, 0.15) is 10.6 Å². The van der Waals surface area contributed by atoms with Crippen LogP contribution in [0, 0.1) is 13.8 Å². The minimum absolute atomic E-state index is 0.272. The number of carbonyl (C=O) groups excluding carboxylic acids is 2. The Balaban J connectivity index is 1.76. The van der Waals surface area contributed by atoms with E-state index in [1.54, 1.807) is 24.3 Å². The highest BCUT2D eigenvalue weighted by Crippen LogP contribution is 2.38. The quantitative estimate of drug-likeness (QED) is 0.504. The largest absolute Gasteiger partial charge is 0.350 e. The Labute approximate surface area is 184 Å². The number of nitrogens with zero attached hydrogens (tertiary/aromatic N) is 1. The van der Waals surface area contributed by atoms with E-state index in [1.807, 2.05) is 56.3 Å². The molecule has 0 atom stereocenters. The minimum atomic E-state index is -0.389. The Morgan fingerprint density at radius 2 is 1.47 bits per heavy atom. The molecule has 3 aromatic carbocycles. The molecule has 0 aromatic heterocycles. The van der Waals surface area contributed by atoms with E-state index in [-0.39, 0.29) is 17.5 Å². The van der Waals surface area contributed by atoms with E-state index in [0.29, 0.717) is 15.6 Å². The van der Waals surface area contributed by atoms with Crippen molar-refractivity contribution < 1.29 is 9.59 Å². The number of hydrogen-bond acceptors (Lipinski definition) is 4. The van der Waals surface area contributed by atoms with E-state index in [9.17, 15) is 9.59 Å². The fraction of sp³-hybridized carbons (Fsp3) is 0.0833. The van der Waals surface area contributed by atoms with Crippen LogP contribution in [-0.4, -0.2) is 11.8 Å². The summed E-state index contributed by atoms with van der Waals surface area (Å²) >= 11 is 7.26. The number of rotatable bonds is 5. The van der Waals surface area contributed by atoms with Gasteiger partial charge in [-0.05, 0) is 73.5 Å². The first-order chi connectivity index (χ1) is 14.4. The lowest BCUT2D eigenvalue weighted by Crippen LogP contribution is -2.32. The van der Waals surface area contributed by atoms with Crippen molar-refractivity contribution in [2.24, 2.45) is 0 Å². The molecule has 0 aliphatic carbocycles. The van der Waals surface area contributed by atoms with E-state index >= 15 is 0 Å². The van der Waals surface area contributed by atoms with Crippen molar-refractivity contribution in [3.63, 3.8) is 0 Å². The molecule has 0 fully saturated rings. The molecule has 150 valence electrons. The molecule has 0 saturated heterocycles. The third kappa shape index (κ3) is 4.13. The summed E-state index contributed by atoms with van der Waals surface area (Å²) in [6.45, 7) is 3.99. The summed E-state index contributed by atoms with van der Waals surface area (Å²) in [7, 11) is 0. The maximum atomic E-state index is 13.3. The third-order valence-electron chi connectivity index (χ3n) is 4.58. The maximum Gasteiger partial charge on any atom is 0.283 e. The van der Waals surface area contributed by atoms with Gasteiger partial charge in [-0.15, -0.1) is 0 Å². The molecular weight excluding hydrogens is 416 g/mol. The van der Waals surface area contributed by atoms with Crippen LogP contribution in [0.4, 0.5) is 11.4 Å². The van der Waals surface area contributed by atoms with Gasteiger partial charge in [0.05, 0.1) is 5.69 Å². The van der Waals surface area contributed by atoms with E-state index in [4.69, 9.17) is 11.6 Å². The predicted octanol–water partition coefficient (Wildman–Crippen LogP) is 5.95. The number of thioether (sulfide) groups is 1. The van der Waals surface area contributed by atoms with Gasteiger partial charge in [-0.25, -0.2) is 4.90 Å². The van der Waals surface area contributed by atoms with Crippen molar-refractivity contribution in [3.05, 3.63) is 99.5 Å². The second-order valence-corrected chi connectivity index (χ2v) is 8.56. The summed E-state index contributed by atoms with van der Waals surface area (Å²) in [4.78, 5) is 29.0. The van der Waals surface area contributed by atoms with Gasteiger partial charge in [-0.1, -0.05) is 47.6 Å². The van der Waals surface area contributed by atoms with Crippen LogP contribution < -0.4 is 10.2 Å². The fourth-order valence-electron chi connectivity index (χ4n) is 3.34. The number of amides is 2. The molecule has 30 heavy (non-hydrogen) atoms. The zero-order valence-corrected chi connectivity index (χ0v) is 18.1. The fourth-order valence-corrected chi connectivity index (χ4v) is 4.41. The summed E-state index contributed by atoms with van der Waals surface area (Å²) in [5.74, 6) is -0.747. The second kappa shape index (κ2) is 8.38. The van der Waals surface area contributed by atoms with E-state index < -0.39 is 0 Å². The monoisotopic (exact) mass is 434 g/mol. The number of benzene rings is 3. The van der Waals surface area contributed by atoms with Crippen LogP contribution in [-0.2, 0) is 9.59 Å². The highest BCUT2D eigenvalue weighted by Gasteiger charge is 2.40. The van der Waals surface area contributed by atoms with Crippen LogP contribution in [0.15, 0.2) is 88.3 Å². The van der Waals surface area contributed by atoms with Gasteiger partial charge in [-0.2, -0.15) is 0 Å². The maximum absolute atomic E-state index is 13.3. The summed E-state index contributed by atoms with van der Waals surface area (Å²) in [5.41, 5.74) is 3.67. The number of aryl methyl sites for hydroxylation is 2. The van der Waals surface area contributed by atoms with Crippen LogP contribution in [0.2, 0.25) is 5.02 Å². The molecule has 4 nitrogen and oxygen atoms in total. The summed E-state index contributed by atoms with van der Waals surface area (Å²) in [5, 5.41) is 3.74. The second-order valence-electron chi connectivity index (χ2n) is 7.04. The van der Waals surface area contributed by atoms with E-state index in [2.05, 4.69) is 11.4 Å². The van der Waals surface area contributed by atoms with Crippen molar-refractivity contribution in [2.45, 2.75) is 18.7 Å². The zero-order valence-electron chi connectivity index (χ0n) is 16.5. The highest BCUT2D eigenvalue weighted by molar-refractivity contribution is 8.04. The molecule has 1 N–H and O–H groups in total. The lowest BCUT2D eigenvalue weighted by Gasteiger charge is -2.15. The molecule has 3 aromatic rings. The highest BCUT2D eigenvalue weighted by atomic mass is 35.5. The van der Waals surface area contributed by atoms with Gasteiger partial charge in [0, 0.05) is 15.6 Å². The van der Waals surface area contributed by atoms with Crippen molar-refractivity contribution in [1.82, 2.24) is 0 Å². The average molecular weight is 435 g/mol. The molecule has 0 radical (unpaired) electrons. The zero-order chi connectivity index (χ0) is 21.3. The van der Waals surface area contributed by atoms with Crippen LogP contribution in [0.25, 0.3) is 0 Å². The number of imide groups is 1. The molecule has 6 heteroatoms. The van der Waals surface area contributed by atoms with Crippen LogP contribution in [0.5, 0.6) is 0 Å². The topological polar surface area (TPSA) is 49.4 Å². The van der Waals surface area contributed by atoms with Gasteiger partial charge in [-0.3, -0.25) is 9.59 Å². The number of nitrogens with one attached hydrogen (secondary N) is 1. The van der Waals surface area contributed by atoms with Gasteiger partial charge in [0.15, 0.2) is 0 Å². The van der Waals surface area contributed by atoms with Crippen LogP contribution in [0.3, 0.4) is 0 Å². The molecule has 0 saturated carbocycles. The van der Waals surface area contributed by atoms with Crippen molar-refractivity contribution in [1.29, 1.82) is 0 Å². The first-order valence-corrected chi connectivity index (χ1v) is 10.6. The van der Waals surface area contributed by atoms with Crippen molar-refractivity contribution >= 4 is 46.6 Å². The number of hydrogen-bond donors (Lipinski definition) is 1. The molecule has 4 rings (SSSR count). The summed E-state index contributed by atoms with van der Waals surface area (Å²) in [6, 6.07) is 22.2. The minimum Gasteiger partial charge on any atom is -0.350 e. The van der Waals surface area contributed by atoms with E-state index in [0.717, 1.165) is 21.7 Å². The molecule has 0 spiro atoms. The predicted molar refractivity (Wildman–Crippen MR) is 123 cm³/mol. The molecule has 0 bridgehead atoms. The van der Waals surface area contributed by atoms with Gasteiger partial charge in [0.2, 0.25) is 0 Å². The Hall–Kier alpha value is -3.02. The normalized spacial score (nSPS) is 13.9. The Bertz CT molecular complexity index is 1140. The first kappa shape index (κ1) is 20.3. The molecule has 1 heterocycles. The molecule has 2 amide bonds. The number of halogens is 1. The Kier molecular flexibility index (Phi) is 5.66. The van der Waals surface area contributed by atoms with Gasteiger partial charge >= 0.3 is 0 Å². The van der Waals surface area contributed by atoms with Gasteiger partial charge in [0.25, 0.3) is 11.8 Å². The SMILES string of the molecule is Cc1cc(C)cc(NC2=C(Sc3ccccc3)C(=O)N(c3ccc(Cl)cc3)C2=O)c1. The molecule has 1 aliphatic heterocycles. The van der Waals surface area contributed by atoms with Crippen molar-refractivity contribution in [3.8, 4) is 0 Å².